The Kier molecular flexibility index (Phi) is 6.65. The van der Waals surface area contributed by atoms with Gasteiger partial charge in [-0.05, 0) is 61.6 Å². The van der Waals surface area contributed by atoms with E-state index in [1.165, 1.54) is 5.56 Å². The molecule has 2 saturated heterocycles. The number of fused-ring (bicyclic) bond motifs is 4. The monoisotopic (exact) mass is 509 g/mol. The summed E-state index contributed by atoms with van der Waals surface area (Å²) in [6.45, 7) is 2.59. The number of nitrogens with zero attached hydrogens (tertiary/aromatic N) is 2. The van der Waals surface area contributed by atoms with Crippen molar-refractivity contribution in [3.05, 3.63) is 58.7 Å². The first-order valence-electron chi connectivity index (χ1n) is 12.8. The molecule has 0 amide bonds. The van der Waals surface area contributed by atoms with Crippen molar-refractivity contribution in [3.8, 4) is 17.2 Å². The van der Waals surface area contributed by atoms with Crippen molar-refractivity contribution in [3.63, 3.8) is 0 Å². The van der Waals surface area contributed by atoms with Crippen LogP contribution in [0.5, 0.6) is 17.2 Å². The number of hydrogen-bond acceptors (Lipinski definition) is 7. The van der Waals surface area contributed by atoms with Crippen LogP contribution < -0.4 is 19.5 Å². The van der Waals surface area contributed by atoms with E-state index in [9.17, 15) is 5.11 Å². The zero-order valence-corrected chi connectivity index (χ0v) is 21.2. The number of methoxy groups -OCH3 is 1. The number of benzene rings is 2. The standard InChI is InChI=1S/C28H32ClN3O4/c1-34-21-5-6-24-22(13-21)28(23(29)15-31-24)25(33)16-32-19-3-4-20(32)12-18(11-19)30-14-17-2-7-26-27(10-17)36-9-8-35-26/h2,5-7,10,13,15,18-20,25,30,33H,3-4,8-9,11-12,14,16H2,1H3. The minimum absolute atomic E-state index is 0.456. The molecule has 1 aromatic heterocycles. The number of hydrogen-bond donors (Lipinski definition) is 2. The summed E-state index contributed by atoms with van der Waals surface area (Å²) >= 11 is 6.56. The van der Waals surface area contributed by atoms with Gasteiger partial charge in [0.15, 0.2) is 11.5 Å². The van der Waals surface area contributed by atoms with Gasteiger partial charge in [0.1, 0.15) is 19.0 Å². The highest BCUT2D eigenvalue weighted by Gasteiger charge is 2.41. The first-order valence-corrected chi connectivity index (χ1v) is 13.1. The molecule has 2 N–H and O–H groups in total. The highest BCUT2D eigenvalue weighted by Crippen LogP contribution is 2.39. The zero-order chi connectivity index (χ0) is 24.6. The Morgan fingerprint density at radius 3 is 2.67 bits per heavy atom. The number of aliphatic hydroxyl groups is 1. The molecule has 3 atom stereocenters. The van der Waals surface area contributed by atoms with Gasteiger partial charge in [0.05, 0.1) is 23.8 Å². The maximum Gasteiger partial charge on any atom is 0.161 e. The van der Waals surface area contributed by atoms with Crippen molar-refractivity contribution in [2.45, 2.75) is 56.5 Å². The zero-order valence-electron chi connectivity index (χ0n) is 20.5. The predicted octanol–water partition coefficient (Wildman–Crippen LogP) is 4.49. The van der Waals surface area contributed by atoms with E-state index in [0.29, 0.717) is 42.9 Å². The van der Waals surface area contributed by atoms with Crippen molar-refractivity contribution in [1.82, 2.24) is 15.2 Å². The highest BCUT2D eigenvalue weighted by atomic mass is 35.5. The minimum Gasteiger partial charge on any atom is -0.497 e. The molecule has 2 bridgehead atoms. The van der Waals surface area contributed by atoms with E-state index < -0.39 is 6.10 Å². The molecule has 4 heterocycles. The summed E-state index contributed by atoms with van der Waals surface area (Å²) in [7, 11) is 1.64. The van der Waals surface area contributed by atoms with Gasteiger partial charge in [-0.1, -0.05) is 17.7 Å². The average molecular weight is 510 g/mol. The lowest BCUT2D eigenvalue weighted by Crippen LogP contribution is -2.50. The fraction of sp³-hybridized carbons (Fsp3) is 0.464. The van der Waals surface area contributed by atoms with Crippen LogP contribution in [0.2, 0.25) is 5.02 Å². The first-order chi connectivity index (χ1) is 17.6. The number of aliphatic hydroxyl groups excluding tert-OH is 1. The molecule has 3 aliphatic rings. The number of pyridine rings is 1. The van der Waals surface area contributed by atoms with E-state index in [1.807, 2.05) is 24.3 Å². The SMILES string of the molecule is COc1ccc2ncc(Cl)c(C(O)CN3C4CCC3CC(NCc3ccc5c(c3)OCCO5)C4)c2c1. The Labute approximate surface area is 216 Å². The van der Waals surface area contributed by atoms with Crippen molar-refractivity contribution in [1.29, 1.82) is 0 Å². The van der Waals surface area contributed by atoms with Crippen molar-refractivity contribution in [2.24, 2.45) is 0 Å². The van der Waals surface area contributed by atoms with Crippen LogP contribution in [0.4, 0.5) is 0 Å². The molecule has 3 aliphatic heterocycles. The van der Waals surface area contributed by atoms with Gasteiger partial charge in [-0.2, -0.15) is 0 Å². The van der Waals surface area contributed by atoms with Crippen LogP contribution in [0, 0.1) is 0 Å². The molecule has 2 aromatic carbocycles. The second-order valence-corrected chi connectivity index (χ2v) is 10.4. The fourth-order valence-electron chi connectivity index (χ4n) is 6.12. The Morgan fingerprint density at radius 2 is 1.89 bits per heavy atom. The summed E-state index contributed by atoms with van der Waals surface area (Å²) in [5.74, 6) is 2.39. The molecule has 0 aliphatic carbocycles. The van der Waals surface area contributed by atoms with Crippen molar-refractivity contribution in [2.75, 3.05) is 26.9 Å². The second-order valence-electron chi connectivity index (χ2n) is 10.0. The normalized spacial score (nSPS) is 24.1. The first kappa shape index (κ1) is 23.8. The van der Waals surface area contributed by atoms with Crippen LogP contribution in [0.3, 0.4) is 0 Å². The van der Waals surface area contributed by atoms with Gasteiger partial charge < -0.3 is 24.6 Å². The lowest BCUT2D eigenvalue weighted by molar-refractivity contribution is 0.0522. The van der Waals surface area contributed by atoms with Gasteiger partial charge in [0.2, 0.25) is 0 Å². The predicted molar refractivity (Wildman–Crippen MR) is 139 cm³/mol. The lowest BCUT2D eigenvalue weighted by atomic mass is 9.95. The van der Waals surface area contributed by atoms with Gasteiger partial charge in [-0.3, -0.25) is 9.88 Å². The molecule has 0 radical (unpaired) electrons. The van der Waals surface area contributed by atoms with Gasteiger partial charge in [0, 0.05) is 48.4 Å². The van der Waals surface area contributed by atoms with Crippen LogP contribution in [-0.4, -0.2) is 60.0 Å². The topological polar surface area (TPSA) is 76.1 Å². The molecule has 36 heavy (non-hydrogen) atoms. The van der Waals surface area contributed by atoms with Gasteiger partial charge >= 0.3 is 0 Å². The van der Waals surface area contributed by atoms with Gasteiger partial charge in [-0.25, -0.2) is 0 Å². The Balaban J connectivity index is 1.12. The molecule has 6 rings (SSSR count). The number of piperidine rings is 1. The number of nitrogens with one attached hydrogen (secondary N) is 1. The average Bonchev–Trinajstić information content (AvgIpc) is 3.13. The molecule has 3 aromatic rings. The van der Waals surface area contributed by atoms with E-state index in [1.54, 1.807) is 13.3 Å². The highest BCUT2D eigenvalue weighted by molar-refractivity contribution is 6.32. The smallest absolute Gasteiger partial charge is 0.161 e. The van der Waals surface area contributed by atoms with E-state index in [2.05, 4.69) is 27.3 Å². The number of ether oxygens (including phenoxy) is 3. The van der Waals surface area contributed by atoms with Gasteiger partial charge in [0.25, 0.3) is 0 Å². The van der Waals surface area contributed by atoms with E-state index in [-0.39, 0.29) is 0 Å². The fourth-order valence-corrected chi connectivity index (χ4v) is 6.40. The van der Waals surface area contributed by atoms with Gasteiger partial charge in [-0.15, -0.1) is 0 Å². The molecular formula is C28H32ClN3O4. The molecule has 8 heteroatoms. The van der Waals surface area contributed by atoms with Crippen LogP contribution in [0.1, 0.15) is 42.9 Å². The third-order valence-electron chi connectivity index (χ3n) is 7.87. The summed E-state index contributed by atoms with van der Waals surface area (Å²) in [6.07, 6.45) is 5.42. The third kappa shape index (κ3) is 4.61. The lowest BCUT2D eigenvalue weighted by Gasteiger charge is -2.40. The van der Waals surface area contributed by atoms with E-state index in [0.717, 1.165) is 65.9 Å². The second kappa shape index (κ2) is 10.1. The summed E-state index contributed by atoms with van der Waals surface area (Å²) in [6, 6.07) is 13.3. The molecule has 2 fully saturated rings. The number of halogens is 1. The summed E-state index contributed by atoms with van der Waals surface area (Å²) in [5, 5.41) is 16.5. The molecule has 0 spiro atoms. The van der Waals surface area contributed by atoms with E-state index in [4.69, 9.17) is 25.8 Å². The minimum atomic E-state index is -0.694. The summed E-state index contributed by atoms with van der Waals surface area (Å²) < 4.78 is 16.8. The number of aromatic nitrogens is 1. The third-order valence-corrected chi connectivity index (χ3v) is 8.17. The van der Waals surface area contributed by atoms with Crippen LogP contribution >= 0.6 is 11.6 Å². The van der Waals surface area contributed by atoms with E-state index >= 15 is 0 Å². The summed E-state index contributed by atoms with van der Waals surface area (Å²) in [4.78, 5) is 6.93. The molecule has 3 unspecified atom stereocenters. The molecule has 190 valence electrons. The van der Waals surface area contributed by atoms with Crippen LogP contribution in [0.15, 0.2) is 42.6 Å². The van der Waals surface area contributed by atoms with Crippen molar-refractivity contribution >= 4 is 22.5 Å². The Bertz CT molecular complexity index is 1240. The molecular weight excluding hydrogens is 478 g/mol. The maximum atomic E-state index is 11.4. The Morgan fingerprint density at radius 1 is 1.11 bits per heavy atom. The molecule has 7 nitrogen and oxygen atoms in total. The van der Waals surface area contributed by atoms with Crippen LogP contribution in [-0.2, 0) is 6.54 Å². The largest absolute Gasteiger partial charge is 0.497 e. The van der Waals surface area contributed by atoms with Crippen molar-refractivity contribution < 1.29 is 19.3 Å². The number of rotatable bonds is 7. The summed E-state index contributed by atoms with van der Waals surface area (Å²) in [5.41, 5.74) is 2.75. The molecule has 0 saturated carbocycles. The van der Waals surface area contributed by atoms with Crippen LogP contribution in [0.25, 0.3) is 10.9 Å². The Hall–Kier alpha value is -2.58. The quantitative estimate of drug-likeness (QED) is 0.486. The maximum absolute atomic E-state index is 11.4.